The summed E-state index contributed by atoms with van der Waals surface area (Å²) < 4.78 is 9.27. The second kappa shape index (κ2) is 9.47. The van der Waals surface area contributed by atoms with E-state index in [9.17, 15) is 14.9 Å². The van der Waals surface area contributed by atoms with Crippen molar-refractivity contribution < 1.29 is 14.1 Å². The topological polar surface area (TPSA) is 103 Å². The number of non-ortho nitro benzene ring substituents is 1. The first-order valence-corrected chi connectivity index (χ1v) is 12.0. The molecule has 1 N–H and O–H groups in total. The number of nitrogens with one attached hydrogen (secondary N) is 1. The summed E-state index contributed by atoms with van der Waals surface area (Å²) in [5.74, 6) is -0.329. The fraction of sp³-hybridized carbons (Fsp3) is 0.0400. The summed E-state index contributed by atoms with van der Waals surface area (Å²) in [4.78, 5) is 23.3. The highest BCUT2D eigenvalue weighted by molar-refractivity contribution is 9.11. The first-order chi connectivity index (χ1) is 16.9. The third-order valence-electron chi connectivity index (χ3n) is 5.42. The van der Waals surface area contributed by atoms with Gasteiger partial charge in [-0.25, -0.2) is 5.43 Å². The molecule has 2 heterocycles. The molecule has 0 fully saturated rings. The Bertz CT molecular complexity index is 1640. The summed E-state index contributed by atoms with van der Waals surface area (Å²) in [5, 5.41) is 17.0. The number of rotatable bonds is 6. The number of para-hydroxylation sites is 1. The van der Waals surface area contributed by atoms with Crippen LogP contribution in [0.25, 0.3) is 21.9 Å². The van der Waals surface area contributed by atoms with E-state index < -0.39 is 10.8 Å². The van der Waals surface area contributed by atoms with E-state index in [0.29, 0.717) is 12.1 Å². The van der Waals surface area contributed by atoms with Gasteiger partial charge in [0, 0.05) is 51.2 Å². The van der Waals surface area contributed by atoms with Crippen molar-refractivity contribution in [3.63, 3.8) is 0 Å². The van der Waals surface area contributed by atoms with Crippen LogP contribution in [-0.2, 0) is 6.54 Å². The second-order valence-electron chi connectivity index (χ2n) is 7.77. The predicted octanol–water partition coefficient (Wildman–Crippen LogP) is 6.63. The maximum absolute atomic E-state index is 12.6. The van der Waals surface area contributed by atoms with Gasteiger partial charge in [0.1, 0.15) is 5.58 Å². The largest absolute Gasteiger partial charge is 0.450 e. The normalized spacial score (nSPS) is 11.5. The van der Waals surface area contributed by atoms with Gasteiger partial charge in [-0.05, 0) is 45.8 Å². The van der Waals surface area contributed by atoms with E-state index in [0.717, 1.165) is 36.4 Å². The van der Waals surface area contributed by atoms with Crippen LogP contribution in [0.3, 0.4) is 0 Å². The lowest BCUT2D eigenvalue weighted by molar-refractivity contribution is -0.384. The molecular weight excluding hydrogens is 580 g/mol. The molecule has 3 aromatic carbocycles. The number of halogens is 2. The number of furan rings is 1. The zero-order valence-corrected chi connectivity index (χ0v) is 21.1. The molecule has 0 atom stereocenters. The molecule has 0 saturated heterocycles. The van der Waals surface area contributed by atoms with Crippen molar-refractivity contribution in [3.8, 4) is 0 Å². The van der Waals surface area contributed by atoms with Crippen molar-refractivity contribution in [2.75, 3.05) is 0 Å². The number of nitro benzene ring substituents is 1. The average molecular weight is 596 g/mol. The average Bonchev–Trinajstić information content (AvgIpc) is 3.42. The van der Waals surface area contributed by atoms with Crippen LogP contribution in [0.1, 0.15) is 21.7 Å². The van der Waals surface area contributed by atoms with Gasteiger partial charge in [0.15, 0.2) is 5.76 Å². The van der Waals surface area contributed by atoms with E-state index in [2.05, 4.69) is 42.4 Å². The molecule has 2 aromatic heterocycles. The SMILES string of the molecule is O=C(N/N=C\c1cn(Cc2cccc([N+](=O)[O-])c2)c2ccccc12)c1cc2cc(Br)cc(Br)c2o1. The number of hydrogen-bond donors (Lipinski definition) is 1. The van der Waals surface area contributed by atoms with Crippen molar-refractivity contribution in [2.45, 2.75) is 6.54 Å². The van der Waals surface area contributed by atoms with Crippen molar-refractivity contribution in [1.29, 1.82) is 0 Å². The number of nitrogens with zero attached hydrogens (tertiary/aromatic N) is 3. The fourth-order valence-electron chi connectivity index (χ4n) is 3.88. The lowest BCUT2D eigenvalue weighted by atomic mass is 10.2. The highest BCUT2D eigenvalue weighted by Crippen LogP contribution is 2.31. The summed E-state index contributed by atoms with van der Waals surface area (Å²) in [6.07, 6.45) is 3.47. The molecule has 0 radical (unpaired) electrons. The number of fused-ring (bicyclic) bond motifs is 2. The Balaban J connectivity index is 1.38. The van der Waals surface area contributed by atoms with Crippen LogP contribution in [0.4, 0.5) is 5.69 Å². The van der Waals surface area contributed by atoms with Crippen molar-refractivity contribution in [3.05, 3.63) is 109 Å². The monoisotopic (exact) mass is 594 g/mol. The third kappa shape index (κ3) is 4.75. The molecule has 35 heavy (non-hydrogen) atoms. The molecule has 1 amide bonds. The summed E-state index contributed by atoms with van der Waals surface area (Å²) >= 11 is 6.85. The highest BCUT2D eigenvalue weighted by Gasteiger charge is 2.15. The van der Waals surface area contributed by atoms with Gasteiger partial charge in [0.25, 0.3) is 5.69 Å². The standard InChI is InChI=1S/C25H16Br2N4O4/c26-18-9-16-10-23(35-24(16)21(27)11-18)25(32)29-28-12-17-14-30(22-7-2-1-6-20(17)22)13-15-4-3-5-19(8-15)31(33)34/h1-12,14H,13H2,(H,29,32)/b28-12-. The van der Waals surface area contributed by atoms with E-state index in [-0.39, 0.29) is 11.4 Å². The zero-order chi connectivity index (χ0) is 24.5. The number of benzene rings is 3. The summed E-state index contributed by atoms with van der Waals surface area (Å²) in [6, 6.07) is 19.7. The van der Waals surface area contributed by atoms with E-state index in [1.54, 1.807) is 24.4 Å². The molecule has 10 heteroatoms. The van der Waals surface area contributed by atoms with Crippen molar-refractivity contribution in [2.24, 2.45) is 5.10 Å². The maximum Gasteiger partial charge on any atom is 0.307 e. The van der Waals surface area contributed by atoms with Crippen LogP contribution >= 0.6 is 31.9 Å². The van der Waals surface area contributed by atoms with Crippen LogP contribution in [-0.4, -0.2) is 21.6 Å². The maximum atomic E-state index is 12.6. The van der Waals surface area contributed by atoms with Gasteiger partial charge in [0.2, 0.25) is 0 Å². The lowest BCUT2D eigenvalue weighted by Gasteiger charge is -2.05. The first-order valence-electron chi connectivity index (χ1n) is 10.4. The minimum absolute atomic E-state index is 0.0495. The van der Waals surface area contributed by atoms with E-state index in [1.807, 2.05) is 53.2 Å². The lowest BCUT2D eigenvalue weighted by Crippen LogP contribution is -2.16. The highest BCUT2D eigenvalue weighted by atomic mass is 79.9. The van der Waals surface area contributed by atoms with E-state index in [4.69, 9.17) is 4.42 Å². The number of hydrazone groups is 1. The van der Waals surface area contributed by atoms with Crippen molar-refractivity contribution >= 4 is 71.5 Å². The number of aromatic nitrogens is 1. The summed E-state index contributed by atoms with van der Waals surface area (Å²) in [6.45, 7) is 0.450. The van der Waals surface area contributed by atoms with Crippen LogP contribution in [0, 0.1) is 10.1 Å². The molecule has 5 rings (SSSR count). The Kier molecular flexibility index (Phi) is 6.23. The van der Waals surface area contributed by atoms with Gasteiger partial charge in [-0.1, -0.05) is 46.3 Å². The molecular formula is C25H16Br2N4O4. The van der Waals surface area contributed by atoms with Crippen molar-refractivity contribution in [1.82, 2.24) is 9.99 Å². The minimum Gasteiger partial charge on any atom is -0.450 e. The van der Waals surface area contributed by atoms with E-state index in [1.165, 1.54) is 6.07 Å². The summed E-state index contributed by atoms with van der Waals surface area (Å²) in [7, 11) is 0. The molecule has 0 saturated carbocycles. The Morgan fingerprint density at radius 2 is 1.94 bits per heavy atom. The minimum atomic E-state index is -0.471. The molecule has 174 valence electrons. The van der Waals surface area contributed by atoms with Gasteiger partial charge in [-0.15, -0.1) is 0 Å². The molecule has 0 bridgehead atoms. The van der Waals surface area contributed by atoms with Gasteiger partial charge in [-0.2, -0.15) is 5.10 Å². The Labute approximate surface area is 215 Å². The number of hydrogen-bond acceptors (Lipinski definition) is 5. The molecule has 0 aliphatic heterocycles. The first kappa shape index (κ1) is 23.0. The Morgan fingerprint density at radius 3 is 2.77 bits per heavy atom. The fourth-order valence-corrected chi connectivity index (χ4v) is 5.22. The zero-order valence-electron chi connectivity index (χ0n) is 17.9. The van der Waals surface area contributed by atoms with Crippen LogP contribution in [0.5, 0.6) is 0 Å². The molecule has 0 aliphatic rings. The molecule has 8 nitrogen and oxygen atoms in total. The number of carbonyl (C=O) groups is 1. The van der Waals surface area contributed by atoms with Crippen LogP contribution in [0.2, 0.25) is 0 Å². The Hall–Kier alpha value is -3.76. The number of carbonyl (C=O) groups excluding carboxylic acids is 1. The molecule has 0 spiro atoms. The molecule has 5 aromatic rings. The van der Waals surface area contributed by atoms with Crippen LogP contribution in [0.15, 0.2) is 91.4 Å². The van der Waals surface area contributed by atoms with Crippen LogP contribution < -0.4 is 5.43 Å². The smallest absolute Gasteiger partial charge is 0.307 e. The number of amides is 1. The summed E-state index contributed by atoms with van der Waals surface area (Å²) in [5.41, 5.74) is 5.68. The Morgan fingerprint density at radius 1 is 1.11 bits per heavy atom. The van der Waals surface area contributed by atoms with Gasteiger partial charge >= 0.3 is 5.91 Å². The quantitative estimate of drug-likeness (QED) is 0.135. The van der Waals surface area contributed by atoms with E-state index >= 15 is 0 Å². The third-order valence-corrected chi connectivity index (χ3v) is 6.47. The molecule has 0 unspecified atom stereocenters. The predicted molar refractivity (Wildman–Crippen MR) is 141 cm³/mol. The van der Waals surface area contributed by atoms with Gasteiger partial charge < -0.3 is 8.98 Å². The molecule has 0 aliphatic carbocycles. The number of nitro groups is 1. The second-order valence-corrected chi connectivity index (χ2v) is 9.54. The van der Waals surface area contributed by atoms with Gasteiger partial charge in [0.05, 0.1) is 15.6 Å². The van der Waals surface area contributed by atoms with Gasteiger partial charge in [-0.3, -0.25) is 14.9 Å².